The summed E-state index contributed by atoms with van der Waals surface area (Å²) < 4.78 is 5.25. The van der Waals surface area contributed by atoms with Crippen LogP contribution in [0, 0.1) is 5.92 Å². The number of nitrogens with zero attached hydrogens (tertiary/aromatic N) is 2. The number of hydrogen-bond donors (Lipinski definition) is 1. The summed E-state index contributed by atoms with van der Waals surface area (Å²) in [7, 11) is 3.62. The van der Waals surface area contributed by atoms with Crippen LogP contribution in [0.3, 0.4) is 0 Å². The Kier molecular flexibility index (Phi) is 7.00. The Labute approximate surface area is 138 Å². The van der Waals surface area contributed by atoms with E-state index in [2.05, 4.69) is 27.3 Å². The zero-order valence-corrected chi connectivity index (χ0v) is 14.3. The average molecular weight is 324 g/mol. The van der Waals surface area contributed by atoms with Crippen molar-refractivity contribution in [2.45, 2.75) is 19.3 Å². The highest BCUT2D eigenvalue weighted by Gasteiger charge is 2.24. The normalized spacial score (nSPS) is 18.8. The molecule has 1 aromatic rings. The fourth-order valence-electron chi connectivity index (χ4n) is 2.87. The lowest BCUT2D eigenvalue weighted by atomic mass is 10.1. The first-order chi connectivity index (χ1) is 10.7. The molecule has 5 heteroatoms. The summed E-state index contributed by atoms with van der Waals surface area (Å²) in [5, 5.41) is 4.26. The van der Waals surface area contributed by atoms with E-state index in [1.807, 2.05) is 19.2 Å². The molecule has 0 radical (unpaired) electrons. The fourth-order valence-corrected chi connectivity index (χ4v) is 3.00. The topological polar surface area (TPSA) is 36.9 Å². The Morgan fingerprint density at radius 3 is 2.86 bits per heavy atom. The van der Waals surface area contributed by atoms with Crippen molar-refractivity contribution in [3.63, 3.8) is 0 Å². The molecule has 1 aliphatic rings. The molecule has 1 N–H and O–H groups in total. The summed E-state index contributed by atoms with van der Waals surface area (Å²) in [6, 6.07) is 8.08. The van der Waals surface area contributed by atoms with Gasteiger partial charge in [-0.1, -0.05) is 23.7 Å². The van der Waals surface area contributed by atoms with Crippen LogP contribution in [0.25, 0.3) is 0 Å². The van der Waals surface area contributed by atoms with Crippen LogP contribution in [0.2, 0.25) is 5.02 Å². The maximum absolute atomic E-state index is 5.90. The lowest BCUT2D eigenvalue weighted by Crippen LogP contribution is -2.40. The molecule has 1 aliphatic heterocycles. The molecule has 0 aromatic heterocycles. The Morgan fingerprint density at radius 2 is 2.18 bits per heavy atom. The lowest BCUT2D eigenvalue weighted by molar-refractivity contribution is 0.157. The summed E-state index contributed by atoms with van der Waals surface area (Å²) in [6.07, 6.45) is 3.31. The van der Waals surface area contributed by atoms with E-state index in [-0.39, 0.29) is 0 Å². The third kappa shape index (κ3) is 5.18. The van der Waals surface area contributed by atoms with E-state index in [0.717, 1.165) is 50.1 Å². The molecule has 1 saturated heterocycles. The molecule has 122 valence electrons. The van der Waals surface area contributed by atoms with Crippen LogP contribution in [-0.2, 0) is 11.2 Å². The number of likely N-dealkylation sites (tertiary alicyclic amines) is 1. The van der Waals surface area contributed by atoms with Gasteiger partial charge in [0.15, 0.2) is 5.96 Å². The molecule has 4 nitrogen and oxygen atoms in total. The van der Waals surface area contributed by atoms with E-state index in [0.29, 0.717) is 5.92 Å². The standard InChI is InChI=1S/C17H26ClN3O/c1-19-17(21-11-9-15(12-21)13-22-2)20-10-3-4-14-5-7-16(18)8-6-14/h5-8,15H,3-4,9-13H2,1-2H3,(H,19,20). The number of hydrogen-bond acceptors (Lipinski definition) is 2. The van der Waals surface area contributed by atoms with Crippen molar-refractivity contribution in [2.75, 3.05) is 40.4 Å². The van der Waals surface area contributed by atoms with Crippen molar-refractivity contribution in [3.05, 3.63) is 34.9 Å². The molecule has 1 heterocycles. The van der Waals surface area contributed by atoms with Gasteiger partial charge in [-0.05, 0) is 37.0 Å². The number of ether oxygens (including phenoxy) is 1. The largest absolute Gasteiger partial charge is 0.384 e. The fraction of sp³-hybridized carbons (Fsp3) is 0.588. The summed E-state index contributed by atoms with van der Waals surface area (Å²) >= 11 is 5.90. The number of aryl methyl sites for hydroxylation is 1. The second kappa shape index (κ2) is 9.01. The van der Waals surface area contributed by atoms with Gasteiger partial charge in [-0.3, -0.25) is 4.99 Å². The van der Waals surface area contributed by atoms with Crippen LogP contribution in [0.15, 0.2) is 29.3 Å². The number of methoxy groups -OCH3 is 1. The van der Waals surface area contributed by atoms with E-state index in [4.69, 9.17) is 16.3 Å². The summed E-state index contributed by atoms with van der Waals surface area (Å²) in [5.41, 5.74) is 1.32. The first-order valence-corrected chi connectivity index (χ1v) is 8.29. The van der Waals surface area contributed by atoms with Gasteiger partial charge in [-0.15, -0.1) is 0 Å². The van der Waals surface area contributed by atoms with E-state index in [9.17, 15) is 0 Å². The summed E-state index contributed by atoms with van der Waals surface area (Å²) in [6.45, 7) is 3.86. The minimum Gasteiger partial charge on any atom is -0.384 e. The monoisotopic (exact) mass is 323 g/mol. The first kappa shape index (κ1) is 17.1. The molecule has 1 aromatic carbocycles. The molecule has 1 fully saturated rings. The van der Waals surface area contributed by atoms with Crippen LogP contribution in [0.1, 0.15) is 18.4 Å². The van der Waals surface area contributed by atoms with Crippen molar-refractivity contribution < 1.29 is 4.74 Å². The van der Waals surface area contributed by atoms with Crippen LogP contribution in [0.5, 0.6) is 0 Å². The Bertz CT molecular complexity index is 475. The highest BCUT2D eigenvalue weighted by atomic mass is 35.5. The second-order valence-corrected chi connectivity index (χ2v) is 6.20. The van der Waals surface area contributed by atoms with E-state index < -0.39 is 0 Å². The molecule has 0 amide bonds. The molecule has 0 spiro atoms. The van der Waals surface area contributed by atoms with Crippen molar-refractivity contribution in [2.24, 2.45) is 10.9 Å². The highest BCUT2D eigenvalue weighted by Crippen LogP contribution is 2.16. The Morgan fingerprint density at radius 1 is 1.41 bits per heavy atom. The van der Waals surface area contributed by atoms with Gasteiger partial charge in [-0.2, -0.15) is 0 Å². The first-order valence-electron chi connectivity index (χ1n) is 7.92. The minimum atomic E-state index is 0.623. The van der Waals surface area contributed by atoms with Gasteiger partial charge in [0, 0.05) is 44.7 Å². The minimum absolute atomic E-state index is 0.623. The maximum Gasteiger partial charge on any atom is 0.193 e. The number of nitrogens with one attached hydrogen (secondary N) is 1. The number of halogens is 1. The predicted molar refractivity (Wildman–Crippen MR) is 92.7 cm³/mol. The molecular weight excluding hydrogens is 298 g/mol. The van der Waals surface area contributed by atoms with E-state index >= 15 is 0 Å². The van der Waals surface area contributed by atoms with Crippen LogP contribution >= 0.6 is 11.6 Å². The lowest BCUT2D eigenvalue weighted by Gasteiger charge is -2.21. The third-order valence-electron chi connectivity index (χ3n) is 4.04. The molecule has 1 atom stereocenters. The zero-order chi connectivity index (χ0) is 15.8. The van der Waals surface area contributed by atoms with Crippen molar-refractivity contribution in [3.8, 4) is 0 Å². The third-order valence-corrected chi connectivity index (χ3v) is 4.29. The van der Waals surface area contributed by atoms with Gasteiger partial charge >= 0.3 is 0 Å². The number of benzene rings is 1. The van der Waals surface area contributed by atoms with Crippen molar-refractivity contribution in [1.29, 1.82) is 0 Å². The van der Waals surface area contributed by atoms with Crippen LogP contribution < -0.4 is 5.32 Å². The van der Waals surface area contributed by atoms with Gasteiger partial charge in [0.05, 0.1) is 6.61 Å². The smallest absolute Gasteiger partial charge is 0.193 e. The maximum atomic E-state index is 5.90. The van der Waals surface area contributed by atoms with E-state index in [1.165, 1.54) is 12.0 Å². The average Bonchev–Trinajstić information content (AvgIpc) is 2.98. The Balaban J connectivity index is 1.70. The molecule has 22 heavy (non-hydrogen) atoms. The molecule has 0 aliphatic carbocycles. The van der Waals surface area contributed by atoms with Gasteiger partial charge in [0.2, 0.25) is 0 Å². The summed E-state index contributed by atoms with van der Waals surface area (Å²) in [5.74, 6) is 1.63. The zero-order valence-electron chi connectivity index (χ0n) is 13.5. The van der Waals surface area contributed by atoms with Gasteiger partial charge < -0.3 is 15.0 Å². The quantitative estimate of drug-likeness (QED) is 0.497. The molecule has 2 rings (SSSR count). The van der Waals surface area contributed by atoms with Crippen molar-refractivity contribution in [1.82, 2.24) is 10.2 Å². The number of aliphatic imine (C=N–C) groups is 1. The number of guanidine groups is 1. The molecule has 0 bridgehead atoms. The van der Waals surface area contributed by atoms with Gasteiger partial charge in [0.1, 0.15) is 0 Å². The predicted octanol–water partition coefficient (Wildman–Crippen LogP) is 2.82. The van der Waals surface area contributed by atoms with E-state index in [1.54, 1.807) is 7.11 Å². The molecular formula is C17H26ClN3O. The molecule has 1 unspecified atom stereocenters. The highest BCUT2D eigenvalue weighted by molar-refractivity contribution is 6.30. The molecule has 0 saturated carbocycles. The van der Waals surface area contributed by atoms with Crippen molar-refractivity contribution >= 4 is 17.6 Å². The van der Waals surface area contributed by atoms with Gasteiger partial charge in [0.25, 0.3) is 0 Å². The second-order valence-electron chi connectivity index (χ2n) is 5.76. The van der Waals surface area contributed by atoms with Gasteiger partial charge in [-0.25, -0.2) is 0 Å². The SMILES string of the molecule is CN=C(NCCCc1ccc(Cl)cc1)N1CCC(COC)C1. The Hall–Kier alpha value is -1.26. The number of rotatable bonds is 6. The van der Waals surface area contributed by atoms with Crippen LogP contribution in [0.4, 0.5) is 0 Å². The summed E-state index contributed by atoms with van der Waals surface area (Å²) in [4.78, 5) is 6.72. The van der Waals surface area contributed by atoms with Crippen LogP contribution in [-0.4, -0.2) is 51.3 Å².